The van der Waals surface area contributed by atoms with Gasteiger partial charge in [-0.15, -0.1) is 10.2 Å². The summed E-state index contributed by atoms with van der Waals surface area (Å²) in [5, 5.41) is 14.9. The van der Waals surface area contributed by atoms with Gasteiger partial charge >= 0.3 is 0 Å². The van der Waals surface area contributed by atoms with Crippen LogP contribution in [0.25, 0.3) is 10.8 Å². The molecular formula is C23H20N4O2S3. The first-order valence-corrected chi connectivity index (χ1v) is 12.5. The van der Waals surface area contributed by atoms with Gasteiger partial charge in [-0.25, -0.2) is 5.43 Å². The summed E-state index contributed by atoms with van der Waals surface area (Å²) in [6.07, 6.45) is 1.58. The zero-order chi connectivity index (χ0) is 22.2. The first-order valence-electron chi connectivity index (χ1n) is 9.73. The number of benzene rings is 3. The Bertz CT molecular complexity index is 1240. The molecule has 1 heterocycles. The van der Waals surface area contributed by atoms with Crippen LogP contribution in [0.1, 0.15) is 11.1 Å². The fourth-order valence-corrected chi connectivity index (χ4v) is 5.75. The number of hydrogen-bond acceptors (Lipinski definition) is 8. The van der Waals surface area contributed by atoms with Crippen molar-refractivity contribution in [2.24, 2.45) is 5.10 Å². The molecule has 1 aromatic heterocycles. The Hall–Kier alpha value is -2.88. The van der Waals surface area contributed by atoms with E-state index in [4.69, 9.17) is 4.74 Å². The van der Waals surface area contributed by atoms with Crippen LogP contribution in [-0.4, -0.2) is 35.2 Å². The first kappa shape index (κ1) is 22.3. The molecule has 0 atom stereocenters. The highest BCUT2D eigenvalue weighted by molar-refractivity contribution is 8.03. The number of hydrogen-bond donors (Lipinski definition) is 1. The third-order valence-electron chi connectivity index (χ3n) is 4.44. The molecule has 4 aromatic rings. The molecule has 1 N–H and O–H groups in total. The molecule has 0 saturated heterocycles. The lowest BCUT2D eigenvalue weighted by Crippen LogP contribution is -2.19. The predicted molar refractivity (Wildman–Crippen MR) is 133 cm³/mol. The molecule has 0 fully saturated rings. The number of fused-ring (bicyclic) bond motifs is 1. The van der Waals surface area contributed by atoms with Crippen LogP contribution >= 0.6 is 34.9 Å². The van der Waals surface area contributed by atoms with Crippen molar-refractivity contribution in [2.75, 3.05) is 12.9 Å². The smallest absolute Gasteiger partial charge is 0.250 e. The van der Waals surface area contributed by atoms with Crippen molar-refractivity contribution >= 4 is 57.8 Å². The fraction of sp³-hybridized carbons (Fsp3) is 0.130. The summed E-state index contributed by atoms with van der Waals surface area (Å²) in [5.74, 6) is 1.58. The van der Waals surface area contributed by atoms with Gasteiger partial charge in [0.2, 0.25) is 0 Å². The molecule has 0 spiro atoms. The molecule has 6 nitrogen and oxygen atoms in total. The summed E-state index contributed by atoms with van der Waals surface area (Å²) in [6.45, 7) is 0. The minimum Gasteiger partial charge on any atom is -0.497 e. The van der Waals surface area contributed by atoms with Crippen LogP contribution in [0.5, 0.6) is 5.75 Å². The van der Waals surface area contributed by atoms with Gasteiger partial charge in [0.1, 0.15) is 5.75 Å². The average molecular weight is 481 g/mol. The molecular weight excluding hydrogens is 460 g/mol. The van der Waals surface area contributed by atoms with Crippen LogP contribution in [0.2, 0.25) is 0 Å². The van der Waals surface area contributed by atoms with E-state index in [2.05, 4.69) is 57.1 Å². The predicted octanol–water partition coefficient (Wildman–Crippen LogP) is 5.23. The minimum atomic E-state index is -0.200. The van der Waals surface area contributed by atoms with E-state index in [0.29, 0.717) is 0 Å². The summed E-state index contributed by atoms with van der Waals surface area (Å²) >= 11 is 4.50. The van der Waals surface area contributed by atoms with Gasteiger partial charge < -0.3 is 4.74 Å². The number of nitrogens with zero attached hydrogens (tertiary/aromatic N) is 3. The number of hydrazone groups is 1. The van der Waals surface area contributed by atoms with Gasteiger partial charge in [-0.1, -0.05) is 89.5 Å². The Labute approximate surface area is 198 Å². The van der Waals surface area contributed by atoms with E-state index in [0.717, 1.165) is 25.7 Å². The third-order valence-corrected chi connectivity index (χ3v) is 7.68. The Kier molecular flexibility index (Phi) is 7.76. The summed E-state index contributed by atoms with van der Waals surface area (Å²) in [4.78, 5) is 12.1. The summed E-state index contributed by atoms with van der Waals surface area (Å²) in [7, 11) is 1.61. The van der Waals surface area contributed by atoms with Gasteiger partial charge in [-0.3, -0.25) is 4.79 Å². The highest BCUT2D eigenvalue weighted by atomic mass is 32.2. The first-order chi connectivity index (χ1) is 15.7. The lowest BCUT2D eigenvalue weighted by molar-refractivity contribution is -0.118. The molecule has 0 aliphatic heterocycles. The number of aromatic nitrogens is 2. The second kappa shape index (κ2) is 11.1. The SMILES string of the molecule is COc1cccc(C=NNC(=O)CSc2nnc(SCc3cccc4ccccc34)s2)c1. The van der Waals surface area contributed by atoms with E-state index < -0.39 is 0 Å². The fourth-order valence-electron chi connectivity index (χ4n) is 2.93. The molecule has 0 aliphatic rings. The van der Waals surface area contributed by atoms with E-state index >= 15 is 0 Å². The second-order valence-corrected chi connectivity index (χ2v) is 10.0. The third kappa shape index (κ3) is 6.09. The molecule has 0 bridgehead atoms. The number of ether oxygens (including phenoxy) is 1. The van der Waals surface area contributed by atoms with Crippen molar-refractivity contribution in [3.63, 3.8) is 0 Å². The second-order valence-electron chi connectivity index (χ2n) is 6.62. The number of methoxy groups -OCH3 is 1. The van der Waals surface area contributed by atoms with E-state index in [9.17, 15) is 4.79 Å². The molecule has 4 rings (SSSR count). The summed E-state index contributed by atoms with van der Waals surface area (Å²) in [5.41, 5.74) is 4.64. The summed E-state index contributed by atoms with van der Waals surface area (Å²) < 4.78 is 6.81. The monoisotopic (exact) mass is 480 g/mol. The standard InChI is InChI=1S/C23H20N4O2S3/c1-29-19-10-4-6-16(12-19)13-24-25-21(28)15-31-23-27-26-22(32-23)30-14-18-9-5-8-17-7-2-3-11-20(17)18/h2-13H,14-15H2,1H3,(H,25,28). The van der Waals surface area contributed by atoms with Gasteiger partial charge in [0.05, 0.1) is 19.1 Å². The molecule has 9 heteroatoms. The molecule has 0 unspecified atom stereocenters. The van der Waals surface area contributed by atoms with Crippen LogP contribution in [0.3, 0.4) is 0 Å². The minimum absolute atomic E-state index is 0.200. The molecule has 0 radical (unpaired) electrons. The van der Waals surface area contributed by atoms with Gasteiger partial charge in [0.15, 0.2) is 8.68 Å². The number of nitrogens with one attached hydrogen (secondary N) is 1. The zero-order valence-corrected chi connectivity index (χ0v) is 19.7. The highest BCUT2D eigenvalue weighted by Gasteiger charge is 2.09. The van der Waals surface area contributed by atoms with Crippen molar-refractivity contribution in [3.8, 4) is 5.75 Å². The van der Waals surface area contributed by atoms with Crippen molar-refractivity contribution in [2.45, 2.75) is 14.4 Å². The van der Waals surface area contributed by atoms with Crippen molar-refractivity contribution in [3.05, 3.63) is 77.9 Å². The van der Waals surface area contributed by atoms with E-state index in [1.54, 1.807) is 25.1 Å². The zero-order valence-electron chi connectivity index (χ0n) is 17.2. The van der Waals surface area contributed by atoms with Crippen molar-refractivity contribution in [1.29, 1.82) is 0 Å². The van der Waals surface area contributed by atoms with E-state index in [1.165, 1.54) is 39.4 Å². The lowest BCUT2D eigenvalue weighted by Gasteiger charge is -2.04. The van der Waals surface area contributed by atoms with Gasteiger partial charge in [-0.05, 0) is 34.0 Å². The number of amides is 1. The largest absolute Gasteiger partial charge is 0.497 e. The molecule has 32 heavy (non-hydrogen) atoms. The average Bonchev–Trinajstić information content (AvgIpc) is 3.29. The molecule has 3 aromatic carbocycles. The Morgan fingerprint density at radius 1 is 1.06 bits per heavy atom. The highest BCUT2D eigenvalue weighted by Crippen LogP contribution is 2.32. The summed E-state index contributed by atoms with van der Waals surface area (Å²) in [6, 6.07) is 22.1. The normalized spacial score (nSPS) is 11.2. The van der Waals surface area contributed by atoms with Crippen LogP contribution in [0.15, 0.2) is 80.5 Å². The topological polar surface area (TPSA) is 76.5 Å². The molecule has 0 aliphatic carbocycles. The van der Waals surface area contributed by atoms with Gasteiger partial charge in [0, 0.05) is 5.75 Å². The quantitative estimate of drug-likeness (QED) is 0.201. The van der Waals surface area contributed by atoms with E-state index in [-0.39, 0.29) is 11.7 Å². The maximum Gasteiger partial charge on any atom is 0.250 e. The number of thioether (sulfide) groups is 2. The van der Waals surface area contributed by atoms with Crippen LogP contribution in [0.4, 0.5) is 0 Å². The Balaban J connectivity index is 1.25. The Morgan fingerprint density at radius 2 is 1.84 bits per heavy atom. The number of carbonyl (C=O) groups excluding carboxylic acids is 1. The van der Waals surface area contributed by atoms with Crippen molar-refractivity contribution < 1.29 is 9.53 Å². The number of carbonyl (C=O) groups is 1. The number of rotatable bonds is 9. The van der Waals surface area contributed by atoms with Crippen LogP contribution < -0.4 is 10.2 Å². The Morgan fingerprint density at radius 3 is 2.72 bits per heavy atom. The van der Waals surface area contributed by atoms with Crippen LogP contribution in [-0.2, 0) is 10.5 Å². The maximum atomic E-state index is 12.1. The van der Waals surface area contributed by atoms with Crippen LogP contribution in [0, 0.1) is 0 Å². The maximum absolute atomic E-state index is 12.1. The molecule has 162 valence electrons. The molecule has 0 saturated carbocycles. The van der Waals surface area contributed by atoms with Gasteiger partial charge in [0.25, 0.3) is 5.91 Å². The lowest BCUT2D eigenvalue weighted by atomic mass is 10.1. The van der Waals surface area contributed by atoms with Gasteiger partial charge in [-0.2, -0.15) is 5.10 Å². The molecule has 1 amide bonds. The van der Waals surface area contributed by atoms with Crippen molar-refractivity contribution in [1.82, 2.24) is 15.6 Å². The van der Waals surface area contributed by atoms with E-state index in [1.807, 2.05) is 30.3 Å².